The maximum absolute atomic E-state index is 14.1. The average molecular weight is 489 g/mol. The van der Waals surface area contributed by atoms with E-state index in [2.05, 4.69) is 20.6 Å². The number of alkyl halides is 3. The number of carbonyl (C=O) groups is 1. The van der Waals surface area contributed by atoms with Crippen LogP contribution in [-0.4, -0.2) is 39.4 Å². The highest BCUT2D eigenvalue weighted by atomic mass is 32.1. The van der Waals surface area contributed by atoms with Crippen molar-refractivity contribution in [1.82, 2.24) is 15.3 Å². The van der Waals surface area contributed by atoms with Gasteiger partial charge in [0, 0.05) is 22.9 Å². The van der Waals surface area contributed by atoms with Gasteiger partial charge in [-0.3, -0.25) is 0 Å². The predicted molar refractivity (Wildman–Crippen MR) is 114 cm³/mol. The second kappa shape index (κ2) is 9.06. The number of fused-ring (bicyclic) bond motifs is 1. The van der Waals surface area contributed by atoms with Gasteiger partial charge < -0.3 is 21.1 Å². The van der Waals surface area contributed by atoms with E-state index in [1.165, 1.54) is 19.3 Å². The van der Waals surface area contributed by atoms with Crippen LogP contribution < -0.4 is 16.0 Å². The van der Waals surface area contributed by atoms with E-state index in [1.54, 1.807) is 13.8 Å². The topological polar surface area (TPSA) is 99.2 Å². The largest absolute Gasteiger partial charge is 0.413 e. The maximum atomic E-state index is 14.1. The number of benzene rings is 1. The Morgan fingerprint density at radius 1 is 1.18 bits per heavy atom. The first-order chi connectivity index (χ1) is 15.2. The number of aromatic nitrogens is 2. The lowest BCUT2D eigenvalue weighted by Gasteiger charge is -2.21. The number of nitrogens with zero attached hydrogens (tertiary/aromatic N) is 2. The van der Waals surface area contributed by atoms with Crippen molar-refractivity contribution in [3.05, 3.63) is 46.6 Å². The van der Waals surface area contributed by atoms with Gasteiger partial charge in [0.25, 0.3) is 0 Å². The molecule has 3 rings (SSSR count). The first-order valence-corrected chi connectivity index (χ1v) is 10.4. The van der Waals surface area contributed by atoms with Crippen molar-refractivity contribution >= 4 is 39.1 Å². The Morgan fingerprint density at radius 3 is 2.39 bits per heavy atom. The predicted octanol–water partition coefficient (Wildman–Crippen LogP) is 4.89. The van der Waals surface area contributed by atoms with Gasteiger partial charge in [-0.05, 0) is 32.4 Å². The third kappa shape index (κ3) is 6.05. The molecule has 2 aromatic heterocycles. The number of aliphatic hydroxyl groups is 1. The normalized spacial score (nSPS) is 13.1. The molecule has 0 radical (unpaired) electrons. The van der Waals surface area contributed by atoms with E-state index >= 15 is 0 Å². The van der Waals surface area contributed by atoms with Crippen LogP contribution in [0.5, 0.6) is 0 Å². The highest BCUT2D eigenvalue weighted by molar-refractivity contribution is 7.19. The molecule has 1 aromatic carbocycles. The van der Waals surface area contributed by atoms with Crippen molar-refractivity contribution < 1.29 is 31.9 Å². The van der Waals surface area contributed by atoms with E-state index in [1.807, 2.05) is 5.32 Å². The summed E-state index contributed by atoms with van der Waals surface area (Å²) in [6.07, 6.45) is -2.56. The molecule has 2 amide bonds. The number of rotatable bonds is 6. The van der Waals surface area contributed by atoms with Crippen LogP contribution in [0.15, 0.2) is 24.5 Å². The van der Waals surface area contributed by atoms with Crippen LogP contribution in [0.3, 0.4) is 0 Å². The summed E-state index contributed by atoms with van der Waals surface area (Å²) in [4.78, 5) is 19.7. The second-order valence-corrected chi connectivity index (χ2v) is 8.94. The van der Waals surface area contributed by atoms with Crippen LogP contribution in [0.2, 0.25) is 0 Å². The van der Waals surface area contributed by atoms with E-state index in [4.69, 9.17) is 0 Å². The number of anilines is 2. The molecule has 4 N–H and O–H groups in total. The molecular formula is C20H20F5N5O2S. The van der Waals surface area contributed by atoms with Crippen molar-refractivity contribution in [3.8, 4) is 0 Å². The van der Waals surface area contributed by atoms with Gasteiger partial charge in [-0.15, -0.1) is 11.3 Å². The molecule has 178 valence electrons. The number of hydrogen-bond acceptors (Lipinski definition) is 6. The molecule has 0 aliphatic heterocycles. The Hall–Kier alpha value is -3.06. The zero-order valence-electron chi connectivity index (χ0n) is 17.6. The summed E-state index contributed by atoms with van der Waals surface area (Å²) in [6, 6.07) is -2.11. The smallest absolute Gasteiger partial charge is 0.389 e. The Labute approximate surface area is 189 Å². The highest BCUT2D eigenvalue weighted by Gasteiger charge is 2.44. The standard InChI is InChI=1S/C20H20F5N5O2S/c1-9-12-4-10(21)5-13(22)15(12)33-14(9)16(20(23,24)25)30-18(31)29-11-6-26-17(27-7-11)28-8-19(2,3)32/h4-7,16,32H,8H2,1-3H3,(H,26,27,28)(H2,29,30,31). The number of aryl methyl sites for hydroxylation is 1. The summed E-state index contributed by atoms with van der Waals surface area (Å²) in [6.45, 7) is 4.59. The molecule has 0 saturated heterocycles. The van der Waals surface area contributed by atoms with Crippen LogP contribution in [0.1, 0.15) is 30.3 Å². The molecule has 0 saturated carbocycles. The first-order valence-electron chi connectivity index (χ1n) is 9.55. The van der Waals surface area contributed by atoms with Gasteiger partial charge in [-0.25, -0.2) is 23.5 Å². The SMILES string of the molecule is Cc1c(C(NC(=O)Nc2cnc(NCC(C)(C)O)nc2)C(F)(F)F)sc2c(F)cc(F)cc12. The molecular weight excluding hydrogens is 469 g/mol. The third-order valence-electron chi connectivity index (χ3n) is 4.45. The Balaban J connectivity index is 1.78. The first kappa shape index (κ1) is 24.6. The van der Waals surface area contributed by atoms with Crippen LogP contribution in [-0.2, 0) is 0 Å². The van der Waals surface area contributed by atoms with Crippen molar-refractivity contribution in [2.24, 2.45) is 0 Å². The number of thiophene rings is 1. The van der Waals surface area contributed by atoms with E-state index in [-0.39, 0.29) is 38.7 Å². The number of hydrogen-bond donors (Lipinski definition) is 4. The fraction of sp³-hybridized carbons (Fsp3) is 0.350. The molecule has 1 unspecified atom stereocenters. The van der Waals surface area contributed by atoms with Gasteiger partial charge in [0.2, 0.25) is 5.95 Å². The van der Waals surface area contributed by atoms with Crippen molar-refractivity contribution in [2.75, 3.05) is 17.2 Å². The maximum Gasteiger partial charge on any atom is 0.413 e. The van der Waals surface area contributed by atoms with Crippen molar-refractivity contribution in [1.29, 1.82) is 0 Å². The zero-order chi connectivity index (χ0) is 24.6. The van der Waals surface area contributed by atoms with Crippen molar-refractivity contribution in [2.45, 2.75) is 38.6 Å². The number of nitrogens with one attached hydrogen (secondary N) is 3. The molecule has 0 aliphatic carbocycles. The summed E-state index contributed by atoms with van der Waals surface area (Å²) < 4.78 is 68.8. The molecule has 13 heteroatoms. The lowest BCUT2D eigenvalue weighted by Crippen LogP contribution is -2.40. The fourth-order valence-corrected chi connectivity index (χ4v) is 4.18. The van der Waals surface area contributed by atoms with E-state index < -0.39 is 35.5 Å². The van der Waals surface area contributed by atoms with Crippen LogP contribution >= 0.6 is 11.3 Å². The molecule has 3 aromatic rings. The summed E-state index contributed by atoms with van der Waals surface area (Å²) in [5.74, 6) is -1.75. The molecule has 2 heterocycles. The summed E-state index contributed by atoms with van der Waals surface area (Å²) in [7, 11) is 0. The van der Waals surface area contributed by atoms with Gasteiger partial charge in [0.05, 0.1) is 28.4 Å². The molecule has 33 heavy (non-hydrogen) atoms. The summed E-state index contributed by atoms with van der Waals surface area (Å²) in [5, 5.41) is 16.5. The molecule has 0 aliphatic rings. The average Bonchev–Trinajstić information content (AvgIpc) is 3.01. The molecule has 0 spiro atoms. The van der Waals surface area contributed by atoms with E-state index in [0.29, 0.717) is 17.4 Å². The van der Waals surface area contributed by atoms with Gasteiger partial charge in [0.1, 0.15) is 11.6 Å². The van der Waals surface area contributed by atoms with E-state index in [9.17, 15) is 31.9 Å². The number of amides is 2. The number of carbonyl (C=O) groups excluding carboxylic acids is 1. The monoisotopic (exact) mass is 489 g/mol. The lowest BCUT2D eigenvalue weighted by molar-refractivity contribution is -0.154. The van der Waals surface area contributed by atoms with Gasteiger partial charge in [0.15, 0.2) is 6.04 Å². The summed E-state index contributed by atoms with van der Waals surface area (Å²) in [5.41, 5.74) is -0.989. The minimum atomic E-state index is -4.90. The molecule has 0 fully saturated rings. The van der Waals surface area contributed by atoms with Crippen molar-refractivity contribution in [3.63, 3.8) is 0 Å². The summed E-state index contributed by atoms with van der Waals surface area (Å²) >= 11 is 0.494. The lowest BCUT2D eigenvalue weighted by atomic mass is 10.1. The zero-order valence-corrected chi connectivity index (χ0v) is 18.5. The molecule has 1 atom stereocenters. The second-order valence-electron chi connectivity index (χ2n) is 7.89. The minimum absolute atomic E-state index is 0.00602. The van der Waals surface area contributed by atoms with Gasteiger partial charge in [-0.1, -0.05) is 0 Å². The Kier molecular flexibility index (Phi) is 6.75. The quantitative estimate of drug-likeness (QED) is 0.370. The number of urea groups is 1. The minimum Gasteiger partial charge on any atom is -0.389 e. The van der Waals surface area contributed by atoms with E-state index in [0.717, 1.165) is 6.07 Å². The highest BCUT2D eigenvalue weighted by Crippen LogP contribution is 2.42. The van der Waals surface area contributed by atoms with Crippen LogP contribution in [0, 0.1) is 18.6 Å². The number of halogens is 5. The van der Waals surface area contributed by atoms with Crippen LogP contribution in [0.25, 0.3) is 10.1 Å². The third-order valence-corrected chi connectivity index (χ3v) is 5.83. The molecule has 7 nitrogen and oxygen atoms in total. The Morgan fingerprint density at radius 2 is 1.82 bits per heavy atom. The fourth-order valence-electron chi connectivity index (χ4n) is 2.91. The van der Waals surface area contributed by atoms with Gasteiger partial charge in [-0.2, -0.15) is 13.2 Å². The Bertz CT molecular complexity index is 1160. The van der Waals surface area contributed by atoms with Gasteiger partial charge >= 0.3 is 12.2 Å². The molecule has 0 bridgehead atoms. The van der Waals surface area contributed by atoms with Crippen LogP contribution in [0.4, 0.5) is 38.4 Å².